The van der Waals surface area contributed by atoms with Crippen LogP contribution in [-0.4, -0.2) is 15.9 Å². The number of hydrogen-bond donors (Lipinski definition) is 1. The van der Waals surface area contributed by atoms with Crippen LogP contribution in [-0.2, 0) is 6.54 Å². The molecule has 0 spiro atoms. The molecule has 1 aromatic heterocycles. The highest BCUT2D eigenvalue weighted by atomic mass is 19.1. The lowest BCUT2D eigenvalue weighted by Gasteiger charge is -2.40. The predicted octanol–water partition coefficient (Wildman–Crippen LogP) is 5.70. The molecule has 26 heavy (non-hydrogen) atoms. The number of aromatic nitrogens is 1. The van der Waals surface area contributed by atoms with Gasteiger partial charge in [0, 0.05) is 40.8 Å². The Morgan fingerprint density at radius 3 is 2.58 bits per heavy atom. The van der Waals surface area contributed by atoms with E-state index in [9.17, 15) is 13.2 Å². The van der Waals surface area contributed by atoms with Crippen molar-refractivity contribution in [1.82, 2.24) is 9.88 Å². The molecule has 1 aliphatic heterocycles. The SMILES string of the molecule is CC1CCCC(c2cc3cc(F)ccc3[nH]2)N1Cc1ccc(F)cc1F. The number of likely N-dealkylation sites (tertiary alicyclic amines) is 1. The monoisotopic (exact) mass is 358 g/mol. The largest absolute Gasteiger partial charge is 0.357 e. The van der Waals surface area contributed by atoms with Crippen LogP contribution < -0.4 is 0 Å². The van der Waals surface area contributed by atoms with Gasteiger partial charge in [0.15, 0.2) is 0 Å². The van der Waals surface area contributed by atoms with E-state index in [1.807, 2.05) is 6.07 Å². The molecule has 0 radical (unpaired) electrons. The molecule has 2 unspecified atom stereocenters. The van der Waals surface area contributed by atoms with Crippen molar-refractivity contribution in [3.63, 3.8) is 0 Å². The van der Waals surface area contributed by atoms with Crippen LogP contribution in [0, 0.1) is 17.5 Å². The molecule has 2 atom stereocenters. The molecule has 0 bridgehead atoms. The molecule has 0 saturated carbocycles. The van der Waals surface area contributed by atoms with Crippen molar-refractivity contribution in [2.45, 2.75) is 44.8 Å². The van der Waals surface area contributed by atoms with E-state index in [-0.39, 0.29) is 17.9 Å². The summed E-state index contributed by atoms with van der Waals surface area (Å²) in [4.78, 5) is 5.64. The van der Waals surface area contributed by atoms with Gasteiger partial charge in [-0.2, -0.15) is 0 Å². The molecule has 136 valence electrons. The van der Waals surface area contributed by atoms with Gasteiger partial charge >= 0.3 is 0 Å². The van der Waals surface area contributed by atoms with Gasteiger partial charge in [0.25, 0.3) is 0 Å². The first-order valence-corrected chi connectivity index (χ1v) is 8.99. The number of piperidine rings is 1. The Bertz CT molecular complexity index is 934. The van der Waals surface area contributed by atoms with Crippen molar-refractivity contribution in [2.75, 3.05) is 0 Å². The number of rotatable bonds is 3. The molecule has 1 saturated heterocycles. The summed E-state index contributed by atoms with van der Waals surface area (Å²) in [5, 5.41) is 0.839. The third kappa shape index (κ3) is 3.23. The lowest BCUT2D eigenvalue weighted by molar-refractivity contribution is 0.0810. The zero-order valence-electron chi connectivity index (χ0n) is 14.6. The second-order valence-corrected chi connectivity index (χ2v) is 7.16. The summed E-state index contributed by atoms with van der Waals surface area (Å²) in [6, 6.07) is 10.8. The molecule has 2 nitrogen and oxygen atoms in total. The minimum Gasteiger partial charge on any atom is -0.357 e. The van der Waals surface area contributed by atoms with E-state index in [4.69, 9.17) is 0 Å². The molecular weight excluding hydrogens is 337 g/mol. The van der Waals surface area contributed by atoms with Gasteiger partial charge in [0.1, 0.15) is 17.5 Å². The predicted molar refractivity (Wildman–Crippen MR) is 96.2 cm³/mol. The molecule has 1 fully saturated rings. The molecule has 5 heteroatoms. The quantitative estimate of drug-likeness (QED) is 0.636. The number of halogens is 3. The Morgan fingerprint density at radius 1 is 1.00 bits per heavy atom. The summed E-state index contributed by atoms with van der Waals surface area (Å²) in [7, 11) is 0. The fourth-order valence-corrected chi connectivity index (χ4v) is 4.00. The smallest absolute Gasteiger partial charge is 0.130 e. The highest BCUT2D eigenvalue weighted by molar-refractivity contribution is 5.80. The van der Waals surface area contributed by atoms with Crippen LogP contribution in [0.5, 0.6) is 0 Å². The molecule has 2 heterocycles. The molecule has 0 aliphatic carbocycles. The second kappa shape index (κ2) is 6.80. The average Bonchev–Trinajstić information content (AvgIpc) is 3.01. The van der Waals surface area contributed by atoms with Gasteiger partial charge in [-0.05, 0) is 56.5 Å². The summed E-state index contributed by atoms with van der Waals surface area (Å²) in [6.07, 6.45) is 3.06. The van der Waals surface area contributed by atoms with E-state index >= 15 is 0 Å². The van der Waals surface area contributed by atoms with Crippen molar-refractivity contribution < 1.29 is 13.2 Å². The summed E-state index contributed by atoms with van der Waals surface area (Å²) in [5.74, 6) is -1.34. The zero-order valence-corrected chi connectivity index (χ0v) is 14.6. The Morgan fingerprint density at radius 2 is 1.77 bits per heavy atom. The fraction of sp³-hybridized carbons (Fsp3) is 0.333. The first-order valence-electron chi connectivity index (χ1n) is 8.99. The zero-order chi connectivity index (χ0) is 18.3. The van der Waals surface area contributed by atoms with Crippen molar-refractivity contribution in [3.8, 4) is 0 Å². The van der Waals surface area contributed by atoms with Crippen LogP contribution in [0.1, 0.15) is 43.5 Å². The van der Waals surface area contributed by atoms with E-state index in [0.717, 1.165) is 41.9 Å². The number of aromatic amines is 1. The van der Waals surface area contributed by atoms with Gasteiger partial charge < -0.3 is 4.98 Å². The van der Waals surface area contributed by atoms with E-state index < -0.39 is 11.6 Å². The maximum absolute atomic E-state index is 14.2. The highest BCUT2D eigenvalue weighted by Crippen LogP contribution is 2.36. The third-order valence-electron chi connectivity index (χ3n) is 5.40. The first kappa shape index (κ1) is 17.2. The van der Waals surface area contributed by atoms with Gasteiger partial charge in [-0.3, -0.25) is 4.90 Å². The number of benzene rings is 2. The molecule has 3 aromatic rings. The van der Waals surface area contributed by atoms with Crippen molar-refractivity contribution >= 4 is 10.9 Å². The fourth-order valence-electron chi connectivity index (χ4n) is 4.00. The van der Waals surface area contributed by atoms with Gasteiger partial charge in [0.05, 0.1) is 6.04 Å². The second-order valence-electron chi connectivity index (χ2n) is 7.16. The molecule has 1 aliphatic rings. The average molecular weight is 358 g/mol. The van der Waals surface area contributed by atoms with Crippen LogP contribution in [0.2, 0.25) is 0 Å². The summed E-state index contributed by atoms with van der Waals surface area (Å²) in [5.41, 5.74) is 2.40. The van der Waals surface area contributed by atoms with Gasteiger partial charge in [-0.1, -0.05) is 6.07 Å². The van der Waals surface area contributed by atoms with E-state index in [1.54, 1.807) is 6.07 Å². The normalized spacial score (nSPS) is 21.4. The Labute approximate surface area is 150 Å². The van der Waals surface area contributed by atoms with Crippen LogP contribution in [0.15, 0.2) is 42.5 Å². The van der Waals surface area contributed by atoms with E-state index in [2.05, 4.69) is 16.8 Å². The lowest BCUT2D eigenvalue weighted by atomic mass is 9.93. The molecule has 1 N–H and O–H groups in total. The molecule has 0 amide bonds. The summed E-state index contributed by atoms with van der Waals surface area (Å²) < 4.78 is 40.9. The van der Waals surface area contributed by atoms with Crippen molar-refractivity contribution in [1.29, 1.82) is 0 Å². The van der Waals surface area contributed by atoms with Gasteiger partial charge in [-0.25, -0.2) is 13.2 Å². The molecule has 2 aromatic carbocycles. The standard InChI is InChI=1S/C21H21F3N2/c1-13-3-2-4-21(20-10-15-9-16(22)7-8-19(15)25-20)26(13)12-14-5-6-17(23)11-18(14)24/h5-11,13,21,25H,2-4,12H2,1H3. The first-order chi connectivity index (χ1) is 12.5. The maximum Gasteiger partial charge on any atom is 0.130 e. The van der Waals surface area contributed by atoms with E-state index in [1.165, 1.54) is 24.3 Å². The Kier molecular flexibility index (Phi) is 4.49. The van der Waals surface area contributed by atoms with Crippen LogP contribution in [0.4, 0.5) is 13.2 Å². The summed E-state index contributed by atoms with van der Waals surface area (Å²) >= 11 is 0. The highest BCUT2D eigenvalue weighted by Gasteiger charge is 2.30. The number of hydrogen-bond acceptors (Lipinski definition) is 1. The lowest BCUT2D eigenvalue weighted by Crippen LogP contribution is -2.39. The minimum atomic E-state index is -0.563. The topological polar surface area (TPSA) is 19.0 Å². The summed E-state index contributed by atoms with van der Waals surface area (Å²) in [6.45, 7) is 2.55. The number of fused-ring (bicyclic) bond motifs is 1. The number of nitrogens with one attached hydrogen (secondary N) is 1. The number of H-pyrrole nitrogens is 1. The maximum atomic E-state index is 14.2. The number of nitrogens with zero attached hydrogens (tertiary/aromatic N) is 1. The van der Waals surface area contributed by atoms with Gasteiger partial charge in [0.2, 0.25) is 0 Å². The Hall–Kier alpha value is -2.27. The van der Waals surface area contributed by atoms with E-state index in [0.29, 0.717) is 12.1 Å². The van der Waals surface area contributed by atoms with Crippen LogP contribution in [0.3, 0.4) is 0 Å². The third-order valence-corrected chi connectivity index (χ3v) is 5.40. The van der Waals surface area contributed by atoms with Crippen LogP contribution >= 0.6 is 0 Å². The Balaban J connectivity index is 1.67. The van der Waals surface area contributed by atoms with Crippen molar-refractivity contribution in [3.05, 3.63) is 71.2 Å². The van der Waals surface area contributed by atoms with Crippen molar-refractivity contribution in [2.24, 2.45) is 0 Å². The van der Waals surface area contributed by atoms with Gasteiger partial charge in [-0.15, -0.1) is 0 Å². The molecular formula is C21H21F3N2. The van der Waals surface area contributed by atoms with Crippen LogP contribution in [0.25, 0.3) is 10.9 Å². The molecule has 4 rings (SSSR count). The minimum absolute atomic E-state index is 0.0960.